The Labute approximate surface area is 118 Å². The van der Waals surface area contributed by atoms with E-state index in [0.29, 0.717) is 30.5 Å². The van der Waals surface area contributed by atoms with Gasteiger partial charge in [-0.05, 0) is 25.1 Å². The minimum atomic E-state index is 0.497. The lowest BCUT2D eigenvalue weighted by Gasteiger charge is -2.11. The van der Waals surface area contributed by atoms with Gasteiger partial charge < -0.3 is 20.5 Å². The highest BCUT2D eigenvalue weighted by atomic mass is 16.5. The molecule has 0 aliphatic carbocycles. The fraction of sp³-hybridized carbons (Fsp3) is 0.286. The van der Waals surface area contributed by atoms with Crippen LogP contribution in [0.2, 0.25) is 0 Å². The van der Waals surface area contributed by atoms with Crippen LogP contribution >= 0.6 is 0 Å². The number of nitrogen functional groups attached to an aromatic ring is 1. The van der Waals surface area contributed by atoms with Gasteiger partial charge in [-0.15, -0.1) is 0 Å². The Morgan fingerprint density at radius 2 is 2.15 bits per heavy atom. The van der Waals surface area contributed by atoms with Crippen LogP contribution in [0.4, 0.5) is 11.5 Å². The van der Waals surface area contributed by atoms with E-state index in [0.717, 1.165) is 11.3 Å². The Morgan fingerprint density at radius 1 is 1.30 bits per heavy atom. The summed E-state index contributed by atoms with van der Waals surface area (Å²) in [5, 5.41) is 3.17. The summed E-state index contributed by atoms with van der Waals surface area (Å²) < 4.78 is 10.6. The van der Waals surface area contributed by atoms with Crippen molar-refractivity contribution in [3.63, 3.8) is 0 Å². The molecule has 3 N–H and O–H groups in total. The van der Waals surface area contributed by atoms with Crippen molar-refractivity contribution in [2.45, 2.75) is 13.5 Å². The van der Waals surface area contributed by atoms with Crippen molar-refractivity contribution in [3.8, 4) is 11.6 Å². The number of nitrogens with zero attached hydrogens (tertiary/aromatic N) is 2. The average molecular weight is 274 g/mol. The normalized spacial score (nSPS) is 10.1. The second kappa shape index (κ2) is 6.60. The molecule has 6 heteroatoms. The minimum Gasteiger partial charge on any atom is -0.496 e. The first kappa shape index (κ1) is 13.9. The molecule has 106 valence electrons. The number of anilines is 2. The van der Waals surface area contributed by atoms with E-state index in [4.69, 9.17) is 15.2 Å². The monoisotopic (exact) mass is 274 g/mol. The van der Waals surface area contributed by atoms with Crippen LogP contribution < -0.4 is 20.5 Å². The standard InChI is InChI=1S/C14H18N4O2/c1-3-20-14-9-16-8-13(18-14)17-7-10-6-11(15)4-5-12(10)19-2/h4-6,8-9H,3,7,15H2,1-2H3,(H,17,18). The summed E-state index contributed by atoms with van der Waals surface area (Å²) in [7, 11) is 1.63. The van der Waals surface area contributed by atoms with E-state index in [-0.39, 0.29) is 0 Å². The highest BCUT2D eigenvalue weighted by molar-refractivity contribution is 5.49. The maximum Gasteiger partial charge on any atom is 0.234 e. The lowest BCUT2D eigenvalue weighted by molar-refractivity contribution is 0.325. The number of ether oxygens (including phenoxy) is 2. The van der Waals surface area contributed by atoms with Crippen molar-refractivity contribution in [2.75, 3.05) is 24.8 Å². The van der Waals surface area contributed by atoms with Crippen LogP contribution in [0, 0.1) is 0 Å². The molecule has 0 saturated carbocycles. The molecule has 0 aliphatic heterocycles. The van der Waals surface area contributed by atoms with Crippen LogP contribution in [0.1, 0.15) is 12.5 Å². The van der Waals surface area contributed by atoms with Gasteiger partial charge in [-0.2, -0.15) is 4.98 Å². The van der Waals surface area contributed by atoms with Gasteiger partial charge in [0.1, 0.15) is 11.6 Å². The van der Waals surface area contributed by atoms with Crippen LogP contribution in [0.5, 0.6) is 11.6 Å². The molecule has 1 aromatic heterocycles. The predicted molar refractivity (Wildman–Crippen MR) is 77.9 cm³/mol. The molecular formula is C14H18N4O2. The van der Waals surface area contributed by atoms with Crippen LogP contribution in [-0.2, 0) is 6.54 Å². The molecule has 2 aromatic rings. The molecule has 0 aliphatic rings. The highest BCUT2D eigenvalue weighted by Crippen LogP contribution is 2.22. The number of nitrogens with one attached hydrogen (secondary N) is 1. The first-order valence-corrected chi connectivity index (χ1v) is 6.34. The molecule has 1 aromatic carbocycles. The van der Waals surface area contributed by atoms with E-state index in [1.54, 1.807) is 25.6 Å². The Kier molecular flexibility index (Phi) is 4.60. The molecule has 2 rings (SSSR count). The number of rotatable bonds is 6. The number of methoxy groups -OCH3 is 1. The first-order chi connectivity index (χ1) is 9.72. The fourth-order valence-corrected chi connectivity index (χ4v) is 1.77. The second-order valence-electron chi connectivity index (χ2n) is 4.10. The smallest absolute Gasteiger partial charge is 0.234 e. The van der Waals surface area contributed by atoms with Gasteiger partial charge in [0.2, 0.25) is 5.88 Å². The van der Waals surface area contributed by atoms with Gasteiger partial charge in [-0.1, -0.05) is 0 Å². The summed E-state index contributed by atoms with van der Waals surface area (Å²) in [6.07, 6.45) is 3.22. The molecule has 1 heterocycles. The SMILES string of the molecule is CCOc1cncc(NCc2cc(N)ccc2OC)n1. The fourth-order valence-electron chi connectivity index (χ4n) is 1.77. The largest absolute Gasteiger partial charge is 0.496 e. The van der Waals surface area contributed by atoms with Crippen LogP contribution in [-0.4, -0.2) is 23.7 Å². The van der Waals surface area contributed by atoms with Gasteiger partial charge in [0.15, 0.2) is 0 Å². The molecule has 0 atom stereocenters. The van der Waals surface area contributed by atoms with Crippen LogP contribution in [0.3, 0.4) is 0 Å². The van der Waals surface area contributed by atoms with Crippen molar-refractivity contribution < 1.29 is 9.47 Å². The van der Waals surface area contributed by atoms with Gasteiger partial charge in [0.05, 0.1) is 26.1 Å². The molecule has 0 unspecified atom stereocenters. The topological polar surface area (TPSA) is 82.3 Å². The zero-order valence-electron chi connectivity index (χ0n) is 11.6. The first-order valence-electron chi connectivity index (χ1n) is 6.34. The number of hydrogen-bond donors (Lipinski definition) is 2. The molecular weight excluding hydrogens is 256 g/mol. The Morgan fingerprint density at radius 3 is 2.90 bits per heavy atom. The van der Waals surface area contributed by atoms with E-state index in [9.17, 15) is 0 Å². The molecule has 0 fully saturated rings. The summed E-state index contributed by atoms with van der Waals surface area (Å²) in [5.74, 6) is 1.91. The summed E-state index contributed by atoms with van der Waals surface area (Å²) >= 11 is 0. The third-order valence-electron chi connectivity index (χ3n) is 2.67. The Bertz CT molecular complexity index is 575. The van der Waals surface area contributed by atoms with E-state index >= 15 is 0 Å². The van der Waals surface area contributed by atoms with Crippen molar-refractivity contribution in [3.05, 3.63) is 36.2 Å². The predicted octanol–water partition coefficient (Wildman–Crippen LogP) is 2.08. The van der Waals surface area contributed by atoms with Crippen molar-refractivity contribution in [1.82, 2.24) is 9.97 Å². The maximum absolute atomic E-state index is 5.78. The summed E-state index contributed by atoms with van der Waals surface area (Å²) in [6, 6.07) is 5.51. The van der Waals surface area contributed by atoms with E-state index in [1.807, 2.05) is 19.1 Å². The van der Waals surface area contributed by atoms with Crippen LogP contribution in [0.15, 0.2) is 30.6 Å². The Balaban J connectivity index is 2.08. The summed E-state index contributed by atoms with van der Waals surface area (Å²) in [4.78, 5) is 8.36. The molecule has 0 spiro atoms. The molecule has 6 nitrogen and oxygen atoms in total. The van der Waals surface area contributed by atoms with E-state index < -0.39 is 0 Å². The molecule has 0 amide bonds. The zero-order valence-corrected chi connectivity index (χ0v) is 11.6. The highest BCUT2D eigenvalue weighted by Gasteiger charge is 2.05. The zero-order chi connectivity index (χ0) is 14.4. The third-order valence-corrected chi connectivity index (χ3v) is 2.67. The average Bonchev–Trinajstić information content (AvgIpc) is 2.46. The molecule has 0 saturated heterocycles. The number of benzene rings is 1. The Hall–Kier alpha value is -2.50. The molecule has 0 radical (unpaired) electrons. The maximum atomic E-state index is 5.78. The number of nitrogens with two attached hydrogens (primary N) is 1. The van der Waals surface area contributed by atoms with Gasteiger partial charge in [0.25, 0.3) is 0 Å². The quantitative estimate of drug-likeness (QED) is 0.785. The lowest BCUT2D eigenvalue weighted by atomic mass is 10.2. The molecule has 20 heavy (non-hydrogen) atoms. The molecule has 0 bridgehead atoms. The number of hydrogen-bond acceptors (Lipinski definition) is 6. The van der Waals surface area contributed by atoms with Crippen molar-refractivity contribution in [2.24, 2.45) is 0 Å². The van der Waals surface area contributed by atoms with Gasteiger partial charge >= 0.3 is 0 Å². The number of aromatic nitrogens is 2. The van der Waals surface area contributed by atoms with Gasteiger partial charge in [-0.25, -0.2) is 0 Å². The second-order valence-corrected chi connectivity index (χ2v) is 4.10. The summed E-state index contributed by atoms with van der Waals surface area (Å²) in [5.41, 5.74) is 7.43. The van der Waals surface area contributed by atoms with Crippen molar-refractivity contribution >= 4 is 11.5 Å². The van der Waals surface area contributed by atoms with Gasteiger partial charge in [0, 0.05) is 17.8 Å². The lowest BCUT2D eigenvalue weighted by Crippen LogP contribution is -2.05. The van der Waals surface area contributed by atoms with Crippen LogP contribution in [0.25, 0.3) is 0 Å². The third kappa shape index (κ3) is 3.50. The summed E-state index contributed by atoms with van der Waals surface area (Å²) in [6.45, 7) is 3.00. The van der Waals surface area contributed by atoms with Crippen molar-refractivity contribution in [1.29, 1.82) is 0 Å². The minimum absolute atomic E-state index is 0.497. The van der Waals surface area contributed by atoms with E-state index in [1.165, 1.54) is 0 Å². The van der Waals surface area contributed by atoms with E-state index in [2.05, 4.69) is 15.3 Å². The van der Waals surface area contributed by atoms with Gasteiger partial charge in [-0.3, -0.25) is 4.98 Å².